The molecule has 1 heterocycles. The largest absolute Gasteiger partial charge is 0.309 e. The Morgan fingerprint density at radius 2 is 1.58 bits per heavy atom. The normalized spacial score (nSPS) is 18.1. The van der Waals surface area contributed by atoms with E-state index in [1.54, 1.807) is 0 Å². The number of hydrogen-bond acceptors (Lipinski definition) is 2. The van der Waals surface area contributed by atoms with Gasteiger partial charge >= 0.3 is 0 Å². The zero-order valence-corrected chi connectivity index (χ0v) is 12.7. The van der Waals surface area contributed by atoms with Gasteiger partial charge in [-0.05, 0) is 49.9 Å². The van der Waals surface area contributed by atoms with Crippen LogP contribution in [0.3, 0.4) is 0 Å². The lowest BCUT2D eigenvalue weighted by Crippen LogP contribution is -2.31. The quantitative estimate of drug-likeness (QED) is 0.841. The van der Waals surface area contributed by atoms with Crippen molar-refractivity contribution in [3.05, 3.63) is 35.4 Å². The fraction of sp³-hybridized carbons (Fsp3) is 0.647. The van der Waals surface area contributed by atoms with Gasteiger partial charge in [-0.3, -0.25) is 0 Å². The van der Waals surface area contributed by atoms with Crippen molar-refractivity contribution in [2.75, 3.05) is 26.2 Å². The van der Waals surface area contributed by atoms with Gasteiger partial charge in [0.15, 0.2) is 0 Å². The van der Waals surface area contributed by atoms with Gasteiger partial charge in [0, 0.05) is 19.1 Å². The maximum atomic E-state index is 3.63. The van der Waals surface area contributed by atoms with Crippen molar-refractivity contribution >= 4 is 0 Å². The molecular weight excluding hydrogens is 232 g/mol. The number of nitrogens with one attached hydrogen (secondary N) is 1. The third kappa shape index (κ3) is 4.32. The van der Waals surface area contributed by atoms with Gasteiger partial charge in [-0.15, -0.1) is 0 Å². The number of rotatable bonds is 6. The van der Waals surface area contributed by atoms with E-state index in [0.717, 1.165) is 6.54 Å². The molecule has 0 radical (unpaired) electrons. The van der Waals surface area contributed by atoms with Crippen LogP contribution in [0.15, 0.2) is 24.3 Å². The predicted octanol–water partition coefficient (Wildman–Crippen LogP) is 3.56. The average Bonchev–Trinajstić information content (AvgIpc) is 2.92. The van der Waals surface area contributed by atoms with Crippen molar-refractivity contribution < 1.29 is 0 Å². The second-order valence-electron chi connectivity index (χ2n) is 6.05. The van der Waals surface area contributed by atoms with Gasteiger partial charge in [0.1, 0.15) is 0 Å². The maximum Gasteiger partial charge on any atom is 0.0292 e. The molecule has 1 atom stereocenters. The van der Waals surface area contributed by atoms with Crippen molar-refractivity contribution in [2.24, 2.45) is 0 Å². The van der Waals surface area contributed by atoms with Gasteiger partial charge in [-0.2, -0.15) is 0 Å². The Morgan fingerprint density at radius 3 is 2.16 bits per heavy atom. The number of nitrogens with zero attached hydrogens (tertiary/aromatic N) is 1. The molecule has 0 amide bonds. The van der Waals surface area contributed by atoms with Gasteiger partial charge in [0.25, 0.3) is 0 Å². The van der Waals surface area contributed by atoms with Crippen LogP contribution in [0.5, 0.6) is 0 Å². The summed E-state index contributed by atoms with van der Waals surface area (Å²) in [5.74, 6) is 0.618. The molecule has 1 aromatic carbocycles. The predicted molar refractivity (Wildman–Crippen MR) is 82.6 cm³/mol. The smallest absolute Gasteiger partial charge is 0.0292 e. The van der Waals surface area contributed by atoms with Crippen LogP contribution in [0.25, 0.3) is 0 Å². The van der Waals surface area contributed by atoms with Crippen LogP contribution in [0.2, 0.25) is 0 Å². The Kier molecular flexibility index (Phi) is 5.41. The zero-order valence-electron chi connectivity index (χ0n) is 12.7. The van der Waals surface area contributed by atoms with E-state index in [1.807, 2.05) is 0 Å². The van der Waals surface area contributed by atoms with Crippen molar-refractivity contribution in [1.29, 1.82) is 0 Å². The minimum absolute atomic E-state index is 0.448. The highest BCUT2D eigenvalue weighted by Gasteiger charge is 2.11. The molecule has 1 saturated heterocycles. The lowest BCUT2D eigenvalue weighted by Gasteiger charge is -2.19. The number of likely N-dealkylation sites (tertiary alicyclic amines) is 1. The lowest BCUT2D eigenvalue weighted by atomic mass is 10.00. The van der Waals surface area contributed by atoms with E-state index in [4.69, 9.17) is 0 Å². The molecule has 0 aromatic heterocycles. The van der Waals surface area contributed by atoms with E-state index in [2.05, 4.69) is 55.3 Å². The van der Waals surface area contributed by atoms with Crippen molar-refractivity contribution in [3.8, 4) is 0 Å². The van der Waals surface area contributed by atoms with Gasteiger partial charge in [-0.25, -0.2) is 0 Å². The van der Waals surface area contributed by atoms with E-state index in [0.29, 0.717) is 12.0 Å². The van der Waals surface area contributed by atoms with Gasteiger partial charge in [0.05, 0.1) is 0 Å². The van der Waals surface area contributed by atoms with E-state index in [-0.39, 0.29) is 0 Å². The molecule has 0 spiro atoms. The summed E-state index contributed by atoms with van der Waals surface area (Å²) in [7, 11) is 0. The Morgan fingerprint density at radius 1 is 1.00 bits per heavy atom. The lowest BCUT2D eigenvalue weighted by molar-refractivity contribution is 0.330. The first kappa shape index (κ1) is 14.5. The minimum atomic E-state index is 0.448. The van der Waals surface area contributed by atoms with Crippen molar-refractivity contribution in [2.45, 2.75) is 45.6 Å². The van der Waals surface area contributed by atoms with E-state index < -0.39 is 0 Å². The van der Waals surface area contributed by atoms with Crippen LogP contribution in [-0.4, -0.2) is 31.1 Å². The molecule has 0 aliphatic carbocycles. The molecular formula is C17H28N2. The zero-order chi connectivity index (χ0) is 13.7. The molecule has 1 unspecified atom stereocenters. The van der Waals surface area contributed by atoms with Gasteiger partial charge in [0.2, 0.25) is 0 Å². The van der Waals surface area contributed by atoms with Crippen LogP contribution >= 0.6 is 0 Å². The molecule has 106 valence electrons. The first-order valence-corrected chi connectivity index (χ1v) is 7.72. The Bertz CT molecular complexity index is 363. The summed E-state index contributed by atoms with van der Waals surface area (Å²) in [5.41, 5.74) is 2.82. The van der Waals surface area contributed by atoms with E-state index in [1.165, 1.54) is 43.6 Å². The summed E-state index contributed by atoms with van der Waals surface area (Å²) in [6.45, 7) is 11.6. The monoisotopic (exact) mass is 260 g/mol. The Balaban J connectivity index is 1.76. The highest BCUT2D eigenvalue weighted by molar-refractivity contribution is 5.26. The van der Waals surface area contributed by atoms with Crippen LogP contribution in [-0.2, 0) is 0 Å². The Hall–Kier alpha value is -0.860. The second kappa shape index (κ2) is 7.06. The topological polar surface area (TPSA) is 15.3 Å². The highest BCUT2D eigenvalue weighted by atomic mass is 15.1. The summed E-state index contributed by atoms with van der Waals surface area (Å²) >= 11 is 0. The Labute approximate surface area is 118 Å². The van der Waals surface area contributed by atoms with Crippen molar-refractivity contribution in [1.82, 2.24) is 10.2 Å². The molecule has 1 N–H and O–H groups in total. The summed E-state index contributed by atoms with van der Waals surface area (Å²) < 4.78 is 0. The molecule has 19 heavy (non-hydrogen) atoms. The molecule has 1 aliphatic rings. The minimum Gasteiger partial charge on any atom is -0.309 e. The summed E-state index contributed by atoms with van der Waals surface area (Å²) in [4.78, 5) is 2.56. The fourth-order valence-electron chi connectivity index (χ4n) is 2.73. The molecule has 2 rings (SSSR count). The number of benzene rings is 1. The van der Waals surface area contributed by atoms with Crippen LogP contribution in [0.4, 0.5) is 0 Å². The van der Waals surface area contributed by atoms with Gasteiger partial charge < -0.3 is 10.2 Å². The average molecular weight is 260 g/mol. The molecule has 2 nitrogen and oxygen atoms in total. The highest BCUT2D eigenvalue weighted by Crippen LogP contribution is 2.18. The van der Waals surface area contributed by atoms with Crippen molar-refractivity contribution in [3.63, 3.8) is 0 Å². The summed E-state index contributed by atoms with van der Waals surface area (Å²) in [5, 5.41) is 3.63. The maximum absolute atomic E-state index is 3.63. The third-order valence-corrected chi connectivity index (χ3v) is 4.18. The molecule has 0 saturated carbocycles. The molecule has 1 aliphatic heterocycles. The first-order valence-electron chi connectivity index (χ1n) is 7.72. The molecule has 2 heteroatoms. The van der Waals surface area contributed by atoms with E-state index in [9.17, 15) is 0 Å². The first-order chi connectivity index (χ1) is 9.16. The van der Waals surface area contributed by atoms with Crippen LogP contribution < -0.4 is 5.32 Å². The fourth-order valence-corrected chi connectivity index (χ4v) is 2.73. The summed E-state index contributed by atoms with van der Waals surface area (Å²) in [6.07, 6.45) is 2.76. The van der Waals surface area contributed by atoms with Gasteiger partial charge in [-0.1, -0.05) is 38.1 Å². The second-order valence-corrected chi connectivity index (χ2v) is 6.05. The molecule has 0 bridgehead atoms. The summed E-state index contributed by atoms with van der Waals surface area (Å²) in [6, 6.07) is 9.51. The molecule has 1 aromatic rings. The SMILES string of the molecule is CC(C)c1ccc(C(C)NCCN2CCCC2)cc1. The van der Waals surface area contributed by atoms with Crippen LogP contribution in [0, 0.1) is 0 Å². The molecule has 1 fully saturated rings. The van der Waals surface area contributed by atoms with E-state index >= 15 is 0 Å². The van der Waals surface area contributed by atoms with Crippen LogP contribution in [0.1, 0.15) is 56.7 Å². The third-order valence-electron chi connectivity index (χ3n) is 4.18. The number of hydrogen-bond donors (Lipinski definition) is 1. The standard InChI is InChI=1S/C17H28N2/c1-14(2)16-6-8-17(9-7-16)15(3)18-10-13-19-11-4-5-12-19/h6-9,14-15,18H,4-5,10-13H2,1-3H3.